The average molecular weight is 803 g/mol. The van der Waals surface area contributed by atoms with Crippen molar-refractivity contribution < 1.29 is 33.5 Å². The molecule has 5 aliphatic carbocycles. The molecule has 316 valence electrons. The summed E-state index contributed by atoms with van der Waals surface area (Å²) in [5.74, 6) is 4.47. The Labute approximate surface area is 351 Å². The van der Waals surface area contributed by atoms with E-state index in [-0.39, 0.29) is 16.2 Å². The molecule has 1 N–H and O–H groups in total. The monoisotopic (exact) mass is 802 g/mol. The van der Waals surface area contributed by atoms with Crippen LogP contribution in [0, 0.1) is 51.8 Å². The minimum atomic E-state index is 0.00272. The second-order valence-electron chi connectivity index (χ2n) is 19.2. The van der Waals surface area contributed by atoms with Gasteiger partial charge in [0.05, 0.1) is 52.9 Å². The van der Waals surface area contributed by atoms with E-state index in [1.165, 1.54) is 25.7 Å². The smallest absolute Gasteiger partial charge is 0.128 e. The highest BCUT2D eigenvalue weighted by atomic mass is 16.6. The Hall–Kier alpha value is -3.46. The van der Waals surface area contributed by atoms with Crippen molar-refractivity contribution in [3.63, 3.8) is 0 Å². The largest absolute Gasteiger partial charge is 0.491 e. The van der Waals surface area contributed by atoms with Crippen LogP contribution in [0.15, 0.2) is 84.4 Å². The molecule has 10 rings (SSSR count). The molecule has 0 saturated heterocycles. The summed E-state index contributed by atoms with van der Waals surface area (Å²) < 4.78 is 38.9. The first kappa shape index (κ1) is 40.9. The number of ether oxygens (including phenoxy) is 6. The van der Waals surface area contributed by atoms with Gasteiger partial charge >= 0.3 is 0 Å². The van der Waals surface area contributed by atoms with Crippen LogP contribution in [0.4, 0.5) is 0 Å². The second kappa shape index (κ2) is 17.1. The van der Waals surface area contributed by atoms with Crippen molar-refractivity contribution in [2.75, 3.05) is 72.7 Å². The van der Waals surface area contributed by atoms with E-state index in [2.05, 4.69) is 107 Å². The Bertz CT molecular complexity index is 2130. The molecule has 2 bridgehead atoms. The molecular formula is C52H66O7. The lowest BCUT2D eigenvalue weighted by Crippen LogP contribution is -2.65. The molecule has 0 unspecified atom stereocenters. The lowest BCUT2D eigenvalue weighted by Gasteiger charge is -2.70. The van der Waals surface area contributed by atoms with E-state index in [1.54, 1.807) is 5.57 Å². The fraction of sp³-hybridized carbons (Fsp3) is 0.577. The van der Waals surface area contributed by atoms with Gasteiger partial charge in [0.25, 0.3) is 0 Å². The van der Waals surface area contributed by atoms with Crippen LogP contribution >= 0.6 is 0 Å². The number of allylic oxidation sites excluding steroid dienone is 2. The minimum Gasteiger partial charge on any atom is -0.491 e. The molecule has 7 nitrogen and oxygen atoms in total. The van der Waals surface area contributed by atoms with Crippen LogP contribution in [0.25, 0.3) is 32.7 Å². The fourth-order valence-corrected chi connectivity index (χ4v) is 13.3. The number of hydrogen-bond donors (Lipinski definition) is 1. The highest BCUT2D eigenvalue weighted by Crippen LogP contribution is 2.73. The van der Waals surface area contributed by atoms with E-state index in [0.29, 0.717) is 108 Å². The van der Waals surface area contributed by atoms with E-state index in [9.17, 15) is 5.11 Å². The Kier molecular flexibility index (Phi) is 11.9. The van der Waals surface area contributed by atoms with Gasteiger partial charge in [0.2, 0.25) is 0 Å². The third-order valence-electron chi connectivity index (χ3n) is 15.9. The standard InChI is InChI=1S/C52H66O7/c1-35(2)41-31-52-21-18-46-50(3,34-53)19-9-20-51(46,4)47(52)30-40(41)42-32-56-24-22-54-26-28-58-44-16-14-36-10-5-7-12-38(36)48(44)49-39-13-8-6-11-37(39)15-17-45(49)59-29-27-55-23-25-57-33-43(42)52/h5-8,10-17,31,35,40,42-43,46-47,53H,9,18-30,32-34H2,1-4H3/t40-,42+,43+,46-,47+,50-,51-,52+/m0/s1. The molecule has 1 heterocycles. The number of aliphatic hydroxyl groups is 1. The highest BCUT2D eigenvalue weighted by Gasteiger charge is 2.67. The van der Waals surface area contributed by atoms with Crippen molar-refractivity contribution in [3.05, 3.63) is 84.4 Å². The maximum Gasteiger partial charge on any atom is 0.128 e. The molecule has 1 spiro atoms. The van der Waals surface area contributed by atoms with Crippen LogP contribution in [-0.2, 0) is 18.9 Å². The quantitative estimate of drug-likeness (QED) is 0.202. The molecule has 8 atom stereocenters. The van der Waals surface area contributed by atoms with Crippen LogP contribution in [0.5, 0.6) is 11.5 Å². The molecular weight excluding hydrogens is 737 g/mol. The zero-order valence-electron chi connectivity index (χ0n) is 35.9. The van der Waals surface area contributed by atoms with Gasteiger partial charge in [-0.3, -0.25) is 0 Å². The maximum atomic E-state index is 10.7. The van der Waals surface area contributed by atoms with Gasteiger partial charge in [-0.2, -0.15) is 0 Å². The summed E-state index contributed by atoms with van der Waals surface area (Å²) in [6, 6.07) is 25.4. The number of fused-ring (bicyclic) bond motifs is 8. The summed E-state index contributed by atoms with van der Waals surface area (Å²) in [6.45, 7) is 15.4. The summed E-state index contributed by atoms with van der Waals surface area (Å²) in [4.78, 5) is 0. The average Bonchev–Trinajstić information content (AvgIpc) is 3.25. The van der Waals surface area contributed by atoms with Gasteiger partial charge in [-0.25, -0.2) is 0 Å². The molecule has 6 aliphatic rings. The number of hydrogen-bond acceptors (Lipinski definition) is 7. The third-order valence-corrected chi connectivity index (χ3v) is 15.9. The number of rotatable bonds is 2. The molecule has 4 aromatic rings. The summed E-state index contributed by atoms with van der Waals surface area (Å²) in [7, 11) is 0. The van der Waals surface area contributed by atoms with Gasteiger partial charge in [0.15, 0.2) is 0 Å². The normalized spacial score (nSPS) is 33.5. The molecule has 59 heavy (non-hydrogen) atoms. The first-order valence-electron chi connectivity index (χ1n) is 22.7. The van der Waals surface area contributed by atoms with E-state index >= 15 is 0 Å². The van der Waals surface area contributed by atoms with E-state index < -0.39 is 0 Å². The Morgan fingerprint density at radius 3 is 1.83 bits per heavy atom. The zero-order valence-corrected chi connectivity index (χ0v) is 35.9. The molecule has 4 aromatic carbocycles. The Balaban J connectivity index is 0.972. The lowest BCUT2D eigenvalue weighted by molar-refractivity contribution is -0.204. The van der Waals surface area contributed by atoms with E-state index in [1.807, 2.05) is 0 Å². The first-order chi connectivity index (χ1) is 28.8. The molecule has 0 radical (unpaired) electrons. The summed E-state index contributed by atoms with van der Waals surface area (Å²) in [5.41, 5.74) is 3.95. The molecule has 1 aliphatic heterocycles. The summed E-state index contributed by atoms with van der Waals surface area (Å²) >= 11 is 0. The zero-order chi connectivity index (χ0) is 40.6. The highest BCUT2D eigenvalue weighted by molar-refractivity contribution is 6.09. The topological polar surface area (TPSA) is 75.6 Å². The van der Waals surface area contributed by atoms with Gasteiger partial charge < -0.3 is 33.5 Å². The van der Waals surface area contributed by atoms with Crippen molar-refractivity contribution in [1.29, 1.82) is 0 Å². The van der Waals surface area contributed by atoms with Crippen LogP contribution in [0.2, 0.25) is 0 Å². The van der Waals surface area contributed by atoms with Gasteiger partial charge in [-0.1, -0.05) is 106 Å². The predicted octanol–water partition coefficient (Wildman–Crippen LogP) is 10.5. The van der Waals surface area contributed by atoms with E-state index in [0.717, 1.165) is 57.0 Å². The maximum absolute atomic E-state index is 10.7. The van der Waals surface area contributed by atoms with Crippen molar-refractivity contribution in [3.8, 4) is 22.6 Å². The van der Waals surface area contributed by atoms with Gasteiger partial charge in [0, 0.05) is 17.7 Å². The summed E-state index contributed by atoms with van der Waals surface area (Å²) in [6.07, 6.45) is 9.91. The third kappa shape index (κ3) is 7.41. The van der Waals surface area contributed by atoms with Crippen molar-refractivity contribution in [2.45, 2.75) is 66.2 Å². The van der Waals surface area contributed by atoms with Crippen molar-refractivity contribution in [1.82, 2.24) is 0 Å². The number of aliphatic hydroxyl groups excluding tert-OH is 1. The fourth-order valence-electron chi connectivity index (χ4n) is 13.3. The van der Waals surface area contributed by atoms with Crippen LogP contribution in [0.3, 0.4) is 0 Å². The first-order valence-corrected chi connectivity index (χ1v) is 22.7. The second-order valence-corrected chi connectivity index (χ2v) is 19.2. The summed E-state index contributed by atoms with van der Waals surface area (Å²) in [5, 5.41) is 15.3. The lowest BCUT2D eigenvalue weighted by atomic mass is 9.34. The van der Waals surface area contributed by atoms with Crippen LogP contribution in [0.1, 0.15) is 66.2 Å². The Morgan fingerprint density at radius 2 is 1.22 bits per heavy atom. The van der Waals surface area contributed by atoms with Gasteiger partial charge in [-0.15, -0.1) is 0 Å². The van der Waals surface area contributed by atoms with E-state index in [4.69, 9.17) is 28.4 Å². The van der Waals surface area contributed by atoms with Crippen molar-refractivity contribution >= 4 is 21.5 Å². The van der Waals surface area contributed by atoms with Gasteiger partial charge in [0.1, 0.15) is 24.7 Å². The SMILES string of the molecule is CC(C)C1=C[C@@]23CC[C@H]4[C@](C)(CO)CCC[C@]4(C)[C@H]2C[C@@H]1[C@H]1COCCOCCOc2ccc4ccccc4c2-c2c(ccc4ccccc24)OCCOCCOC[C@H]13. The van der Waals surface area contributed by atoms with Crippen molar-refractivity contribution in [2.24, 2.45) is 51.8 Å². The predicted molar refractivity (Wildman–Crippen MR) is 235 cm³/mol. The molecule has 3 fully saturated rings. The minimum absolute atomic E-state index is 0.00272. The van der Waals surface area contributed by atoms with Crippen LogP contribution < -0.4 is 9.47 Å². The molecule has 3 saturated carbocycles. The number of benzene rings is 4. The molecule has 0 aromatic heterocycles. The molecule has 0 amide bonds. The molecule has 7 heteroatoms. The Morgan fingerprint density at radius 1 is 0.644 bits per heavy atom. The van der Waals surface area contributed by atoms with Gasteiger partial charge in [-0.05, 0) is 118 Å². The van der Waals surface area contributed by atoms with Crippen LogP contribution in [-0.4, -0.2) is 77.8 Å².